The van der Waals surface area contributed by atoms with Gasteiger partial charge in [0.15, 0.2) is 5.69 Å². The summed E-state index contributed by atoms with van der Waals surface area (Å²) >= 11 is 0. The molecular formula is C17H19F3N4O. The molecule has 0 bridgehead atoms. The molecule has 25 heavy (non-hydrogen) atoms. The smallest absolute Gasteiger partial charge is 0.352 e. The van der Waals surface area contributed by atoms with Crippen molar-refractivity contribution in [2.45, 2.75) is 38.0 Å². The number of amides is 1. The fourth-order valence-corrected chi connectivity index (χ4v) is 2.81. The van der Waals surface area contributed by atoms with Crippen molar-refractivity contribution in [2.24, 2.45) is 0 Å². The molecule has 0 radical (unpaired) electrons. The van der Waals surface area contributed by atoms with Crippen molar-refractivity contribution in [3.8, 4) is 5.69 Å². The monoisotopic (exact) mass is 352 g/mol. The van der Waals surface area contributed by atoms with E-state index in [0.29, 0.717) is 18.7 Å². The van der Waals surface area contributed by atoms with E-state index in [1.165, 1.54) is 10.9 Å². The lowest BCUT2D eigenvalue weighted by Crippen LogP contribution is -2.31. The fraction of sp³-hybridized carbons (Fsp3) is 0.412. The third-order valence-electron chi connectivity index (χ3n) is 4.16. The molecule has 1 fully saturated rings. The molecule has 1 unspecified atom stereocenters. The van der Waals surface area contributed by atoms with Gasteiger partial charge in [0.2, 0.25) is 5.91 Å². The maximum Gasteiger partial charge on any atom is 0.435 e. The molecule has 1 saturated heterocycles. The number of benzene rings is 1. The zero-order valence-electron chi connectivity index (χ0n) is 13.5. The number of aromatic nitrogens is 2. The minimum Gasteiger partial charge on any atom is -0.352 e. The molecule has 0 spiro atoms. The van der Waals surface area contributed by atoms with E-state index in [1.54, 1.807) is 24.3 Å². The predicted octanol–water partition coefficient (Wildman–Crippen LogP) is 2.65. The van der Waals surface area contributed by atoms with Gasteiger partial charge in [-0.05, 0) is 43.1 Å². The minimum absolute atomic E-state index is 0.00892. The normalized spacial score (nSPS) is 17.6. The summed E-state index contributed by atoms with van der Waals surface area (Å²) in [4.78, 5) is 11.9. The molecule has 1 aromatic heterocycles. The van der Waals surface area contributed by atoms with Crippen molar-refractivity contribution in [3.63, 3.8) is 0 Å². The Morgan fingerprint density at radius 1 is 1.28 bits per heavy atom. The van der Waals surface area contributed by atoms with E-state index in [2.05, 4.69) is 15.7 Å². The molecule has 5 nitrogen and oxygen atoms in total. The van der Waals surface area contributed by atoms with E-state index in [-0.39, 0.29) is 11.9 Å². The first-order valence-corrected chi connectivity index (χ1v) is 8.14. The summed E-state index contributed by atoms with van der Waals surface area (Å²) in [6.45, 7) is 1.35. The van der Waals surface area contributed by atoms with Crippen LogP contribution >= 0.6 is 0 Å². The zero-order valence-corrected chi connectivity index (χ0v) is 13.5. The first-order chi connectivity index (χ1) is 11.9. The standard InChI is InChI=1S/C17H19F3N4O/c18-17(19,20)15-7-9-24(23-15)14-5-3-12(4-6-14)11-22-16(25)10-13-2-1-8-21-13/h3-7,9,13,21H,1-2,8,10-11H2,(H,22,25). The SMILES string of the molecule is O=C(CC1CCCN1)NCc1ccc(-n2ccc(C(F)(F)F)n2)cc1. The highest BCUT2D eigenvalue weighted by Gasteiger charge is 2.33. The van der Waals surface area contributed by atoms with Crippen LogP contribution in [0, 0.1) is 0 Å². The van der Waals surface area contributed by atoms with Gasteiger partial charge in [0.05, 0.1) is 5.69 Å². The van der Waals surface area contributed by atoms with Gasteiger partial charge < -0.3 is 10.6 Å². The minimum atomic E-state index is -4.45. The number of nitrogens with zero attached hydrogens (tertiary/aromatic N) is 2. The van der Waals surface area contributed by atoms with Crippen LogP contribution in [0.25, 0.3) is 5.69 Å². The Hall–Kier alpha value is -2.35. The van der Waals surface area contributed by atoms with Gasteiger partial charge in [-0.25, -0.2) is 4.68 Å². The molecule has 2 heterocycles. The Kier molecular flexibility index (Phi) is 5.08. The summed E-state index contributed by atoms with van der Waals surface area (Å²) in [7, 11) is 0. The lowest BCUT2D eigenvalue weighted by atomic mass is 10.1. The van der Waals surface area contributed by atoms with Crippen LogP contribution in [-0.4, -0.2) is 28.3 Å². The molecular weight excluding hydrogens is 333 g/mol. The van der Waals surface area contributed by atoms with Crippen molar-refractivity contribution in [1.82, 2.24) is 20.4 Å². The van der Waals surface area contributed by atoms with E-state index in [0.717, 1.165) is 31.0 Å². The Balaban J connectivity index is 1.55. The maximum absolute atomic E-state index is 12.6. The molecule has 0 saturated carbocycles. The molecule has 2 aromatic rings. The van der Waals surface area contributed by atoms with Gasteiger partial charge in [-0.2, -0.15) is 18.3 Å². The molecule has 1 aliphatic heterocycles. The highest BCUT2D eigenvalue weighted by Crippen LogP contribution is 2.27. The van der Waals surface area contributed by atoms with Crippen molar-refractivity contribution < 1.29 is 18.0 Å². The van der Waals surface area contributed by atoms with Crippen LogP contribution < -0.4 is 10.6 Å². The number of alkyl halides is 3. The molecule has 8 heteroatoms. The Labute approximate surface area is 143 Å². The van der Waals surface area contributed by atoms with Crippen LogP contribution in [0.5, 0.6) is 0 Å². The topological polar surface area (TPSA) is 59.0 Å². The van der Waals surface area contributed by atoms with E-state index >= 15 is 0 Å². The van der Waals surface area contributed by atoms with Crippen LogP contribution in [-0.2, 0) is 17.5 Å². The summed E-state index contributed by atoms with van der Waals surface area (Å²) in [5.74, 6) is -0.00892. The van der Waals surface area contributed by atoms with Gasteiger partial charge >= 0.3 is 6.18 Å². The van der Waals surface area contributed by atoms with Crippen LogP contribution in [0.1, 0.15) is 30.5 Å². The summed E-state index contributed by atoms with van der Waals surface area (Å²) in [5, 5.41) is 9.66. The lowest BCUT2D eigenvalue weighted by Gasteiger charge is -2.11. The highest BCUT2D eigenvalue weighted by molar-refractivity contribution is 5.76. The third kappa shape index (κ3) is 4.60. The van der Waals surface area contributed by atoms with E-state index in [9.17, 15) is 18.0 Å². The molecule has 1 aliphatic rings. The fourth-order valence-electron chi connectivity index (χ4n) is 2.81. The average Bonchev–Trinajstić information content (AvgIpc) is 3.24. The number of nitrogens with one attached hydrogen (secondary N) is 2. The molecule has 1 atom stereocenters. The van der Waals surface area contributed by atoms with E-state index in [1.807, 2.05) is 0 Å². The predicted molar refractivity (Wildman–Crippen MR) is 86.1 cm³/mol. The molecule has 1 amide bonds. The number of carbonyl (C=O) groups is 1. The van der Waals surface area contributed by atoms with Crippen LogP contribution in [0.15, 0.2) is 36.5 Å². The molecule has 0 aliphatic carbocycles. The Morgan fingerprint density at radius 2 is 2.04 bits per heavy atom. The van der Waals surface area contributed by atoms with Gasteiger partial charge in [0.25, 0.3) is 0 Å². The van der Waals surface area contributed by atoms with Crippen molar-refractivity contribution >= 4 is 5.91 Å². The third-order valence-corrected chi connectivity index (χ3v) is 4.16. The second-order valence-electron chi connectivity index (χ2n) is 6.08. The lowest BCUT2D eigenvalue weighted by molar-refractivity contribution is -0.141. The summed E-state index contributed by atoms with van der Waals surface area (Å²) in [6.07, 6.45) is -0.599. The summed E-state index contributed by atoms with van der Waals surface area (Å²) < 4.78 is 38.9. The number of hydrogen-bond acceptors (Lipinski definition) is 3. The van der Waals surface area contributed by atoms with Crippen molar-refractivity contribution in [2.75, 3.05) is 6.54 Å². The Bertz CT molecular complexity index is 718. The molecule has 3 rings (SSSR count). The second-order valence-corrected chi connectivity index (χ2v) is 6.08. The second kappa shape index (κ2) is 7.26. The highest BCUT2D eigenvalue weighted by atomic mass is 19.4. The number of hydrogen-bond donors (Lipinski definition) is 2. The zero-order chi connectivity index (χ0) is 17.9. The van der Waals surface area contributed by atoms with Crippen molar-refractivity contribution in [3.05, 3.63) is 47.8 Å². The molecule has 1 aromatic carbocycles. The Morgan fingerprint density at radius 3 is 2.64 bits per heavy atom. The molecule has 134 valence electrons. The first-order valence-electron chi connectivity index (χ1n) is 8.14. The maximum atomic E-state index is 12.6. The number of rotatable bonds is 5. The van der Waals surface area contributed by atoms with Crippen LogP contribution in [0.4, 0.5) is 13.2 Å². The van der Waals surface area contributed by atoms with E-state index in [4.69, 9.17) is 0 Å². The summed E-state index contributed by atoms with van der Waals surface area (Å²) in [6, 6.07) is 8.06. The van der Waals surface area contributed by atoms with Gasteiger partial charge in [0.1, 0.15) is 0 Å². The van der Waals surface area contributed by atoms with Crippen molar-refractivity contribution in [1.29, 1.82) is 0 Å². The quantitative estimate of drug-likeness (QED) is 0.870. The number of carbonyl (C=O) groups excluding carboxylic acids is 1. The number of halogens is 3. The average molecular weight is 352 g/mol. The van der Waals surface area contributed by atoms with E-state index < -0.39 is 11.9 Å². The van der Waals surface area contributed by atoms with Gasteiger partial charge in [-0.3, -0.25) is 4.79 Å². The largest absolute Gasteiger partial charge is 0.435 e. The van der Waals surface area contributed by atoms with Crippen LogP contribution in [0.2, 0.25) is 0 Å². The summed E-state index contributed by atoms with van der Waals surface area (Å²) in [5.41, 5.74) is 0.477. The molecule has 2 N–H and O–H groups in total. The van der Waals surface area contributed by atoms with Gasteiger partial charge in [-0.1, -0.05) is 12.1 Å². The van der Waals surface area contributed by atoms with Gasteiger partial charge in [-0.15, -0.1) is 0 Å². The van der Waals surface area contributed by atoms with Crippen LogP contribution in [0.3, 0.4) is 0 Å². The first kappa shape index (κ1) is 17.5. The van der Waals surface area contributed by atoms with Gasteiger partial charge in [0, 0.05) is 25.2 Å².